The van der Waals surface area contributed by atoms with E-state index in [1.165, 1.54) is 18.2 Å². The van der Waals surface area contributed by atoms with Crippen LogP contribution in [0.25, 0.3) is 11.3 Å². The second kappa shape index (κ2) is 5.66. The normalized spacial score (nSPS) is 15.4. The number of halogens is 5. The maximum atomic E-state index is 12.5. The van der Waals surface area contributed by atoms with Crippen molar-refractivity contribution in [2.45, 2.75) is 30.0 Å². The number of ether oxygens (including phenoxy) is 1. The van der Waals surface area contributed by atoms with Crippen molar-refractivity contribution < 1.29 is 22.4 Å². The molecule has 118 valence electrons. The molecule has 0 saturated heterocycles. The summed E-state index contributed by atoms with van der Waals surface area (Å²) in [5.74, 6) is 0.333. The molecule has 1 aliphatic carbocycles. The predicted molar refractivity (Wildman–Crippen MR) is 75.0 cm³/mol. The topological polar surface area (TPSA) is 35.3 Å². The summed E-state index contributed by atoms with van der Waals surface area (Å²) in [4.78, 5) is -0.948. The van der Waals surface area contributed by atoms with Gasteiger partial charge in [0, 0.05) is 11.5 Å². The largest absolute Gasteiger partial charge is 0.573 e. The van der Waals surface area contributed by atoms with Crippen molar-refractivity contribution in [1.29, 1.82) is 0 Å². The molecule has 0 unspecified atom stereocenters. The number of benzene rings is 1. The lowest BCUT2D eigenvalue weighted by Gasteiger charge is -2.12. The van der Waals surface area contributed by atoms with E-state index in [9.17, 15) is 13.2 Å². The van der Waals surface area contributed by atoms with E-state index in [0.29, 0.717) is 11.3 Å². The van der Waals surface area contributed by atoms with Gasteiger partial charge in [-0.15, -0.1) is 13.2 Å². The summed E-state index contributed by atoms with van der Waals surface area (Å²) < 4.78 is 46.9. The van der Waals surface area contributed by atoms with Crippen molar-refractivity contribution in [3.8, 4) is 17.0 Å². The first-order valence-corrected chi connectivity index (χ1v) is 7.37. The maximum absolute atomic E-state index is 12.5. The minimum Gasteiger partial charge on any atom is -0.405 e. The van der Waals surface area contributed by atoms with Gasteiger partial charge in [-0.2, -0.15) is 0 Å². The van der Waals surface area contributed by atoms with Crippen molar-refractivity contribution in [3.63, 3.8) is 0 Å². The minimum absolute atomic E-state index is 0.136. The zero-order valence-electron chi connectivity index (χ0n) is 11.0. The van der Waals surface area contributed by atoms with E-state index in [1.807, 2.05) is 0 Å². The Labute approximate surface area is 133 Å². The number of para-hydroxylation sites is 1. The molecule has 1 saturated carbocycles. The Morgan fingerprint density at radius 3 is 2.50 bits per heavy atom. The Hall–Kier alpha value is -1.40. The fraction of sp³-hybridized carbons (Fsp3) is 0.357. The average Bonchev–Trinajstić information content (AvgIpc) is 3.16. The van der Waals surface area contributed by atoms with Gasteiger partial charge < -0.3 is 9.26 Å². The third kappa shape index (κ3) is 3.17. The van der Waals surface area contributed by atoms with Crippen LogP contribution in [0, 0.1) is 0 Å². The van der Waals surface area contributed by atoms with Crippen LogP contribution >= 0.6 is 23.2 Å². The second-order valence-corrected chi connectivity index (χ2v) is 6.02. The Morgan fingerprint density at radius 2 is 1.91 bits per heavy atom. The summed E-state index contributed by atoms with van der Waals surface area (Å²) >= 11 is 11.9. The first-order valence-electron chi connectivity index (χ1n) is 6.49. The first-order chi connectivity index (χ1) is 10.4. The van der Waals surface area contributed by atoms with E-state index in [1.54, 1.807) is 6.07 Å². The fourth-order valence-corrected chi connectivity index (χ4v) is 2.65. The van der Waals surface area contributed by atoms with Crippen LogP contribution in [0.4, 0.5) is 13.2 Å². The molecule has 22 heavy (non-hydrogen) atoms. The highest BCUT2D eigenvalue weighted by Gasteiger charge is 2.37. The molecule has 1 aliphatic rings. The van der Waals surface area contributed by atoms with Gasteiger partial charge in [-0.25, -0.2) is 0 Å². The van der Waals surface area contributed by atoms with E-state index >= 15 is 0 Å². The lowest BCUT2D eigenvalue weighted by atomic mass is 10.0. The summed E-state index contributed by atoms with van der Waals surface area (Å²) in [7, 11) is 0. The number of alkyl halides is 5. The fourth-order valence-electron chi connectivity index (χ4n) is 2.23. The quantitative estimate of drug-likeness (QED) is 0.673. The molecule has 0 amide bonds. The lowest BCUT2D eigenvalue weighted by molar-refractivity contribution is -0.274. The number of nitrogens with zero attached hydrogens (tertiary/aromatic N) is 1. The van der Waals surface area contributed by atoms with Crippen molar-refractivity contribution >= 4 is 23.2 Å². The molecule has 0 aliphatic heterocycles. The molecule has 8 heteroatoms. The highest BCUT2D eigenvalue weighted by molar-refractivity contribution is 6.44. The third-order valence-electron chi connectivity index (χ3n) is 3.29. The van der Waals surface area contributed by atoms with Gasteiger partial charge in [-0.1, -0.05) is 40.5 Å². The third-order valence-corrected chi connectivity index (χ3v) is 3.73. The van der Waals surface area contributed by atoms with Gasteiger partial charge in [0.25, 0.3) is 0 Å². The van der Waals surface area contributed by atoms with Crippen molar-refractivity contribution in [2.75, 3.05) is 0 Å². The van der Waals surface area contributed by atoms with Gasteiger partial charge >= 0.3 is 6.36 Å². The molecule has 3 nitrogen and oxygen atoms in total. The summed E-state index contributed by atoms with van der Waals surface area (Å²) in [6, 6.07) is 5.67. The number of hydrogen-bond acceptors (Lipinski definition) is 3. The van der Waals surface area contributed by atoms with E-state index in [4.69, 9.17) is 27.7 Å². The van der Waals surface area contributed by atoms with Gasteiger partial charge in [0.05, 0.1) is 5.56 Å². The monoisotopic (exact) mass is 351 g/mol. The molecule has 1 fully saturated rings. The molecule has 1 aromatic heterocycles. The molecule has 0 N–H and O–H groups in total. The maximum Gasteiger partial charge on any atom is 0.573 e. The Morgan fingerprint density at radius 1 is 1.23 bits per heavy atom. The van der Waals surface area contributed by atoms with Crippen molar-refractivity contribution in [3.05, 3.63) is 35.6 Å². The minimum atomic E-state index is -4.80. The molecule has 1 aromatic carbocycles. The number of aromatic nitrogens is 1. The summed E-state index contributed by atoms with van der Waals surface area (Å²) in [5, 5.41) is 3.87. The van der Waals surface area contributed by atoms with Gasteiger partial charge in [0.2, 0.25) is 0 Å². The molecule has 0 spiro atoms. The Kier molecular flexibility index (Phi) is 3.99. The summed E-state index contributed by atoms with van der Waals surface area (Å²) in [5.41, 5.74) is 0.720. The molecule has 0 atom stereocenters. The van der Waals surface area contributed by atoms with Gasteiger partial charge in [-0.05, 0) is 25.0 Å². The van der Waals surface area contributed by atoms with Crippen LogP contribution in [0.1, 0.15) is 34.9 Å². The van der Waals surface area contributed by atoms with Crippen LogP contribution in [-0.4, -0.2) is 11.5 Å². The van der Waals surface area contributed by atoms with Crippen LogP contribution in [0.2, 0.25) is 0 Å². The smallest absolute Gasteiger partial charge is 0.405 e. The molecular formula is C14H10Cl2F3NO2. The summed E-state index contributed by atoms with van der Waals surface area (Å²) in [6.07, 6.45) is -2.97. The molecule has 3 rings (SSSR count). The first kappa shape index (κ1) is 15.5. The standard InChI is InChI=1S/C14H10Cl2F3NO2/c15-13(16)10-11(20-22-12(10)7-5-6-7)8-3-1-2-4-9(8)21-14(17,18)19/h1-4,7,13H,5-6H2. The van der Waals surface area contributed by atoms with Gasteiger partial charge in [-0.3, -0.25) is 0 Å². The van der Waals surface area contributed by atoms with Crippen LogP contribution in [-0.2, 0) is 0 Å². The zero-order chi connectivity index (χ0) is 15.9. The molecular weight excluding hydrogens is 342 g/mol. The SMILES string of the molecule is FC(F)(F)Oc1ccccc1-c1noc(C2CC2)c1C(Cl)Cl. The highest BCUT2D eigenvalue weighted by atomic mass is 35.5. The van der Waals surface area contributed by atoms with Gasteiger partial charge in [0.15, 0.2) is 0 Å². The number of hydrogen-bond donors (Lipinski definition) is 0. The Bertz CT molecular complexity index is 681. The predicted octanol–water partition coefficient (Wildman–Crippen LogP) is 5.59. The molecule has 0 bridgehead atoms. The molecule has 2 aromatic rings. The average molecular weight is 352 g/mol. The van der Waals surface area contributed by atoms with Crippen molar-refractivity contribution in [1.82, 2.24) is 5.16 Å². The van der Waals surface area contributed by atoms with Crippen LogP contribution < -0.4 is 4.74 Å². The molecule has 1 heterocycles. The van der Waals surface area contributed by atoms with E-state index < -0.39 is 11.2 Å². The van der Waals surface area contributed by atoms with E-state index in [0.717, 1.165) is 12.8 Å². The summed E-state index contributed by atoms with van der Waals surface area (Å²) in [6.45, 7) is 0. The Balaban J connectivity index is 2.08. The van der Waals surface area contributed by atoms with E-state index in [-0.39, 0.29) is 22.9 Å². The highest BCUT2D eigenvalue weighted by Crippen LogP contribution is 2.49. The van der Waals surface area contributed by atoms with Gasteiger partial charge in [0.1, 0.15) is 22.0 Å². The van der Waals surface area contributed by atoms with Crippen LogP contribution in [0.5, 0.6) is 5.75 Å². The zero-order valence-corrected chi connectivity index (χ0v) is 12.5. The van der Waals surface area contributed by atoms with Crippen LogP contribution in [0.3, 0.4) is 0 Å². The van der Waals surface area contributed by atoms with Crippen LogP contribution in [0.15, 0.2) is 28.8 Å². The lowest BCUT2D eigenvalue weighted by Crippen LogP contribution is -2.17. The second-order valence-electron chi connectivity index (χ2n) is 4.93. The number of rotatable bonds is 4. The molecule has 0 radical (unpaired) electrons. The van der Waals surface area contributed by atoms with Crippen molar-refractivity contribution in [2.24, 2.45) is 0 Å². The van der Waals surface area contributed by atoms with E-state index in [2.05, 4.69) is 9.89 Å².